The Morgan fingerprint density at radius 2 is 2.17 bits per heavy atom. The first-order valence-electron chi connectivity index (χ1n) is 6.72. The highest BCUT2D eigenvalue weighted by Gasteiger charge is 2.41. The lowest BCUT2D eigenvalue weighted by atomic mass is 9.98. The lowest BCUT2D eigenvalue weighted by Gasteiger charge is -2.18. The molecule has 4 nitrogen and oxygen atoms in total. The standard InChI is InChI=1S/C13H21BrN4/c1-8-13(14)12(17(2)16-8)7-18-5-9-3-4-11(15)10(9)6-18/h9-11H,3-7,15H2,1-2H3. The summed E-state index contributed by atoms with van der Waals surface area (Å²) in [7, 11) is 2.02. The zero-order valence-corrected chi connectivity index (χ0v) is 12.7. The van der Waals surface area contributed by atoms with E-state index in [0.29, 0.717) is 6.04 Å². The van der Waals surface area contributed by atoms with Crippen molar-refractivity contribution in [1.29, 1.82) is 0 Å². The van der Waals surface area contributed by atoms with E-state index in [9.17, 15) is 0 Å². The van der Waals surface area contributed by atoms with Gasteiger partial charge in [-0.15, -0.1) is 0 Å². The van der Waals surface area contributed by atoms with E-state index < -0.39 is 0 Å². The summed E-state index contributed by atoms with van der Waals surface area (Å²) in [5, 5.41) is 4.46. The number of hydrogen-bond donors (Lipinski definition) is 1. The second kappa shape index (κ2) is 4.62. The first-order chi connectivity index (χ1) is 8.56. The topological polar surface area (TPSA) is 47.1 Å². The normalized spacial score (nSPS) is 32.1. The molecule has 2 fully saturated rings. The number of rotatable bonds is 2. The molecule has 1 aliphatic carbocycles. The fourth-order valence-corrected chi connectivity index (χ4v) is 4.05. The van der Waals surface area contributed by atoms with Crippen LogP contribution in [-0.4, -0.2) is 33.8 Å². The predicted octanol–water partition coefficient (Wildman–Crippen LogP) is 1.66. The Balaban J connectivity index is 1.71. The van der Waals surface area contributed by atoms with Crippen molar-refractivity contribution in [3.8, 4) is 0 Å². The average molecular weight is 313 g/mol. The van der Waals surface area contributed by atoms with E-state index in [1.807, 2.05) is 18.7 Å². The lowest BCUT2D eigenvalue weighted by molar-refractivity contribution is 0.289. The SMILES string of the molecule is Cc1nn(C)c(CN2CC3CCC(N)C3C2)c1Br. The first-order valence-corrected chi connectivity index (χ1v) is 7.51. The van der Waals surface area contributed by atoms with Gasteiger partial charge in [-0.1, -0.05) is 0 Å². The number of nitrogens with zero attached hydrogens (tertiary/aromatic N) is 3. The molecule has 3 atom stereocenters. The molecule has 3 unspecified atom stereocenters. The van der Waals surface area contributed by atoms with E-state index in [4.69, 9.17) is 5.73 Å². The minimum Gasteiger partial charge on any atom is -0.327 e. The van der Waals surface area contributed by atoms with Gasteiger partial charge in [0.1, 0.15) is 0 Å². The van der Waals surface area contributed by atoms with E-state index in [1.165, 1.54) is 25.1 Å². The van der Waals surface area contributed by atoms with Gasteiger partial charge in [-0.25, -0.2) is 0 Å². The molecule has 100 valence electrons. The second-order valence-electron chi connectivity index (χ2n) is 5.83. The summed E-state index contributed by atoms with van der Waals surface area (Å²) in [6, 6.07) is 0.428. The van der Waals surface area contributed by atoms with Crippen LogP contribution in [0.3, 0.4) is 0 Å². The Kier molecular flexibility index (Phi) is 3.24. The van der Waals surface area contributed by atoms with Gasteiger partial charge in [0, 0.05) is 32.7 Å². The van der Waals surface area contributed by atoms with Crippen LogP contribution in [0.15, 0.2) is 4.47 Å². The summed E-state index contributed by atoms with van der Waals surface area (Å²) in [6.07, 6.45) is 2.53. The Labute approximate surface area is 117 Å². The molecule has 0 spiro atoms. The molecule has 0 radical (unpaired) electrons. The van der Waals surface area contributed by atoms with Crippen LogP contribution in [0.1, 0.15) is 24.2 Å². The predicted molar refractivity (Wildman–Crippen MR) is 75.1 cm³/mol. The third-order valence-corrected chi connectivity index (χ3v) is 5.65. The lowest BCUT2D eigenvalue weighted by Crippen LogP contribution is -2.30. The van der Waals surface area contributed by atoms with Gasteiger partial charge in [0.2, 0.25) is 0 Å². The number of fused-ring (bicyclic) bond motifs is 1. The van der Waals surface area contributed by atoms with Crippen LogP contribution in [0.5, 0.6) is 0 Å². The van der Waals surface area contributed by atoms with Crippen molar-refractivity contribution in [3.63, 3.8) is 0 Å². The maximum atomic E-state index is 6.19. The molecule has 1 saturated heterocycles. The van der Waals surface area contributed by atoms with Gasteiger partial charge in [0.25, 0.3) is 0 Å². The summed E-state index contributed by atoms with van der Waals surface area (Å²) in [5.74, 6) is 1.55. The number of nitrogens with two attached hydrogens (primary N) is 1. The third-order valence-electron chi connectivity index (χ3n) is 4.62. The van der Waals surface area contributed by atoms with Gasteiger partial charge in [-0.3, -0.25) is 9.58 Å². The van der Waals surface area contributed by atoms with Crippen molar-refractivity contribution >= 4 is 15.9 Å². The second-order valence-corrected chi connectivity index (χ2v) is 6.62. The fourth-order valence-electron chi connectivity index (χ4n) is 3.59. The van der Waals surface area contributed by atoms with Crippen molar-refractivity contribution in [3.05, 3.63) is 15.9 Å². The Bertz CT molecular complexity index is 456. The Hall–Kier alpha value is -0.390. The Morgan fingerprint density at radius 3 is 2.78 bits per heavy atom. The molecule has 5 heteroatoms. The molecule has 1 saturated carbocycles. The monoisotopic (exact) mass is 312 g/mol. The van der Waals surface area contributed by atoms with Gasteiger partial charge in [0.05, 0.1) is 15.9 Å². The van der Waals surface area contributed by atoms with Crippen LogP contribution in [0, 0.1) is 18.8 Å². The van der Waals surface area contributed by atoms with E-state index in [0.717, 1.165) is 35.1 Å². The molecular weight excluding hydrogens is 292 g/mol. The van der Waals surface area contributed by atoms with E-state index in [2.05, 4.69) is 25.9 Å². The van der Waals surface area contributed by atoms with Gasteiger partial charge in [-0.05, 0) is 47.5 Å². The largest absolute Gasteiger partial charge is 0.327 e. The quantitative estimate of drug-likeness (QED) is 0.903. The van der Waals surface area contributed by atoms with Gasteiger partial charge >= 0.3 is 0 Å². The molecule has 1 aromatic rings. The zero-order valence-electron chi connectivity index (χ0n) is 11.1. The molecule has 1 aromatic heterocycles. The number of halogens is 1. The van der Waals surface area contributed by atoms with Crippen LogP contribution >= 0.6 is 15.9 Å². The number of aromatic nitrogens is 2. The van der Waals surface area contributed by atoms with Crippen molar-refractivity contribution in [2.24, 2.45) is 24.6 Å². The smallest absolute Gasteiger partial charge is 0.0739 e. The highest BCUT2D eigenvalue weighted by atomic mass is 79.9. The number of likely N-dealkylation sites (tertiary alicyclic amines) is 1. The maximum Gasteiger partial charge on any atom is 0.0739 e. The maximum absolute atomic E-state index is 6.19. The van der Waals surface area contributed by atoms with E-state index in [-0.39, 0.29) is 0 Å². The molecule has 0 amide bonds. The molecule has 0 aromatic carbocycles. The highest BCUT2D eigenvalue weighted by Crippen LogP contribution is 2.38. The van der Waals surface area contributed by atoms with Crippen molar-refractivity contribution in [2.45, 2.75) is 32.4 Å². The molecule has 2 N–H and O–H groups in total. The van der Waals surface area contributed by atoms with Crippen LogP contribution in [0.4, 0.5) is 0 Å². The summed E-state index contributed by atoms with van der Waals surface area (Å²) >= 11 is 3.65. The van der Waals surface area contributed by atoms with Crippen molar-refractivity contribution < 1.29 is 0 Å². The first kappa shape index (κ1) is 12.6. The summed E-state index contributed by atoms with van der Waals surface area (Å²) in [6.45, 7) is 5.39. The summed E-state index contributed by atoms with van der Waals surface area (Å²) in [4.78, 5) is 2.54. The molecule has 1 aliphatic heterocycles. The average Bonchev–Trinajstić information content (AvgIpc) is 2.93. The fraction of sp³-hybridized carbons (Fsp3) is 0.769. The van der Waals surface area contributed by atoms with Gasteiger partial charge < -0.3 is 5.73 Å². The van der Waals surface area contributed by atoms with Crippen LogP contribution in [-0.2, 0) is 13.6 Å². The molecule has 3 rings (SSSR count). The molecular formula is C13H21BrN4. The summed E-state index contributed by atoms with van der Waals surface area (Å²) in [5.41, 5.74) is 8.54. The number of hydrogen-bond acceptors (Lipinski definition) is 3. The molecule has 0 bridgehead atoms. The van der Waals surface area contributed by atoms with Crippen molar-refractivity contribution in [1.82, 2.24) is 14.7 Å². The molecule has 18 heavy (non-hydrogen) atoms. The zero-order chi connectivity index (χ0) is 12.9. The van der Waals surface area contributed by atoms with Crippen LogP contribution < -0.4 is 5.73 Å². The summed E-state index contributed by atoms with van der Waals surface area (Å²) < 4.78 is 3.15. The number of aryl methyl sites for hydroxylation is 2. The van der Waals surface area contributed by atoms with Crippen LogP contribution in [0.2, 0.25) is 0 Å². The molecule has 2 heterocycles. The van der Waals surface area contributed by atoms with Crippen molar-refractivity contribution in [2.75, 3.05) is 13.1 Å². The van der Waals surface area contributed by atoms with Gasteiger partial charge in [-0.2, -0.15) is 5.10 Å². The van der Waals surface area contributed by atoms with Gasteiger partial charge in [0.15, 0.2) is 0 Å². The highest BCUT2D eigenvalue weighted by molar-refractivity contribution is 9.10. The van der Waals surface area contributed by atoms with E-state index in [1.54, 1.807) is 0 Å². The van der Waals surface area contributed by atoms with E-state index >= 15 is 0 Å². The minimum absolute atomic E-state index is 0.428. The van der Waals surface area contributed by atoms with Crippen LogP contribution in [0.25, 0.3) is 0 Å². The molecule has 2 aliphatic rings. The minimum atomic E-state index is 0.428. The third kappa shape index (κ3) is 2.02. The Morgan fingerprint density at radius 1 is 1.39 bits per heavy atom.